The predicted molar refractivity (Wildman–Crippen MR) is 10.4 cm³/mol. The maximum atomic E-state index is 7.58. The van der Waals surface area contributed by atoms with Crippen LogP contribution in [0.5, 0.6) is 0 Å². The Bertz CT molecular complexity index is 20.0. The van der Waals surface area contributed by atoms with Crippen LogP contribution in [0.2, 0.25) is 5.52 Å². The molecule has 0 atom stereocenters. The first-order valence-electron chi connectivity index (χ1n) is 1.22. The van der Waals surface area contributed by atoms with E-state index in [4.69, 9.17) is 5.53 Å². The molecule has 1 radical (unpaired) electrons. The van der Waals surface area contributed by atoms with Gasteiger partial charge in [0.1, 0.15) is 0 Å². The van der Waals surface area contributed by atoms with Gasteiger partial charge in [0.2, 0.25) is 0 Å². The summed E-state index contributed by atoms with van der Waals surface area (Å²) in [4.78, 5) is 0. The summed E-state index contributed by atoms with van der Waals surface area (Å²) in [5, 5.41) is 0. The van der Waals surface area contributed by atoms with E-state index in [1.807, 2.05) is 5.52 Å². The first-order chi connectivity index (χ1) is 1.91. The van der Waals surface area contributed by atoms with Crippen LogP contribution in [0.15, 0.2) is 3.86 Å². The average Bonchev–Trinajstić information content (AvgIpc) is 1.37. The summed E-state index contributed by atoms with van der Waals surface area (Å²) in [6.45, 7) is 0. The Morgan fingerprint density at radius 3 is 2.25 bits per heavy atom. The van der Waals surface area contributed by atoms with Crippen LogP contribution in [0.4, 0.5) is 0 Å². The Kier molecular flexibility index (Phi) is 3.40. The fourth-order valence-electron chi connectivity index (χ4n) is 0. The summed E-state index contributed by atoms with van der Waals surface area (Å²) in [5.41, 5.74) is 9.53. The van der Waals surface area contributed by atoms with Crippen molar-refractivity contribution in [3.63, 3.8) is 0 Å². The second kappa shape index (κ2) is 3.22. The van der Waals surface area contributed by atoms with E-state index in [-0.39, 0.29) is 0 Å². The van der Waals surface area contributed by atoms with Crippen LogP contribution in [0.25, 0.3) is 0 Å². The van der Waals surface area contributed by atoms with Crippen LogP contribution < -0.4 is 5.53 Å². The van der Waals surface area contributed by atoms with Crippen molar-refractivity contribution in [3.05, 3.63) is 0 Å². The second-order valence-corrected chi connectivity index (χ2v) is 2.38. The van der Waals surface area contributed by atoms with Gasteiger partial charge in [0.05, 0.1) is 0 Å². The molecule has 2 nitrogen and oxygen atoms in total. The van der Waals surface area contributed by atoms with Gasteiger partial charge in [0.25, 0.3) is 0 Å². The van der Waals surface area contributed by atoms with Gasteiger partial charge in [-0.05, 0) is 0 Å². The minimum atomic E-state index is -0.708. The van der Waals surface area contributed by atoms with Crippen molar-refractivity contribution < 1.29 is 17.4 Å². The minimum absolute atomic E-state index is 0.708. The summed E-state index contributed by atoms with van der Waals surface area (Å²) in [6.07, 6.45) is 0. The van der Waals surface area contributed by atoms with Crippen LogP contribution in [0, 0.1) is 0 Å². The molecule has 0 rings (SSSR count). The zero-order valence-corrected chi connectivity index (χ0v) is 5.57. The molecule has 0 N–H and O–H groups in total. The van der Waals surface area contributed by atoms with Crippen LogP contribution in [0.1, 0.15) is 0 Å². The molecule has 0 aliphatic carbocycles. The van der Waals surface area contributed by atoms with E-state index in [0.717, 1.165) is 0 Å². The van der Waals surface area contributed by atoms with Gasteiger partial charge in [0, 0.05) is 0 Å². The molecule has 0 heterocycles. The molecule has 0 saturated heterocycles. The Balaban J connectivity index is 2.30. The molecule has 0 fully saturated rings. The molecule has 0 aromatic heterocycles. The number of hydrogen-bond donors (Lipinski definition) is 0. The van der Waals surface area contributed by atoms with Gasteiger partial charge in [0.15, 0.2) is 0 Å². The molecular formula is CH3N2Zn. The van der Waals surface area contributed by atoms with Crippen LogP contribution >= 0.6 is 0 Å². The van der Waals surface area contributed by atoms with E-state index in [9.17, 15) is 0 Å². The van der Waals surface area contributed by atoms with Crippen LogP contribution in [-0.4, -0.2) is 0 Å². The van der Waals surface area contributed by atoms with Gasteiger partial charge in [-0.3, -0.25) is 0 Å². The van der Waals surface area contributed by atoms with Crippen LogP contribution in [0.3, 0.4) is 0 Å². The first kappa shape index (κ1) is 4.22. The Labute approximate surface area is 33.0 Å². The van der Waals surface area contributed by atoms with E-state index in [1.54, 1.807) is 0 Å². The normalized spacial score (nSPS) is 4.25. The Morgan fingerprint density at radius 1 is 2.00 bits per heavy atom. The monoisotopic (exact) mass is 107 g/mol. The molecule has 0 amide bonds. The van der Waals surface area contributed by atoms with E-state index >= 15 is 0 Å². The number of rotatable bonds is 1. The Hall–Kier alpha value is 0.223. The standard InChI is InChI=1S/CH3.N2.Zn/c;1-2;/h1H3;;/q;-1;+1. The third-order valence-electron chi connectivity index (χ3n) is 0.141. The van der Waals surface area contributed by atoms with Crippen LogP contribution in [-0.2, 0) is 17.4 Å². The molecular weight excluding hydrogens is 105 g/mol. The fraction of sp³-hybridized carbons (Fsp3) is 1.00. The van der Waals surface area contributed by atoms with Gasteiger partial charge in [-0.1, -0.05) is 0 Å². The van der Waals surface area contributed by atoms with E-state index in [2.05, 4.69) is 3.86 Å². The molecule has 4 heavy (non-hydrogen) atoms. The molecule has 3 heteroatoms. The SMILES string of the molecule is [CH3][Zn][N]=[N]. The first-order valence-corrected chi connectivity index (χ1v) is 5.52. The van der Waals surface area contributed by atoms with Crippen molar-refractivity contribution >= 4 is 0 Å². The van der Waals surface area contributed by atoms with Gasteiger partial charge >= 0.3 is 32.3 Å². The summed E-state index contributed by atoms with van der Waals surface area (Å²) in [5.74, 6) is 0. The summed E-state index contributed by atoms with van der Waals surface area (Å²) < 4.78 is 2.92. The summed E-state index contributed by atoms with van der Waals surface area (Å²) in [7, 11) is 0. The van der Waals surface area contributed by atoms with Crippen molar-refractivity contribution in [1.82, 2.24) is 5.53 Å². The predicted octanol–water partition coefficient (Wildman–Crippen LogP) is 0.284. The molecule has 0 aliphatic rings. The molecule has 0 unspecified atom stereocenters. The summed E-state index contributed by atoms with van der Waals surface area (Å²) in [6, 6.07) is 0. The third kappa shape index (κ3) is 2.22. The summed E-state index contributed by atoms with van der Waals surface area (Å²) >= 11 is -0.708. The van der Waals surface area contributed by atoms with E-state index < -0.39 is 17.4 Å². The molecule has 19 valence electrons. The van der Waals surface area contributed by atoms with Crippen molar-refractivity contribution in [1.29, 1.82) is 0 Å². The zero-order valence-electron chi connectivity index (χ0n) is 2.60. The third-order valence-corrected chi connectivity index (χ3v) is 0.735. The van der Waals surface area contributed by atoms with Crippen molar-refractivity contribution in [2.45, 2.75) is 5.52 Å². The average molecular weight is 108 g/mol. The quantitative estimate of drug-likeness (QED) is 0.342. The van der Waals surface area contributed by atoms with E-state index in [0.29, 0.717) is 0 Å². The zero-order chi connectivity index (χ0) is 3.41. The van der Waals surface area contributed by atoms with E-state index in [1.165, 1.54) is 0 Å². The topological polar surface area (TPSA) is 34.7 Å². The van der Waals surface area contributed by atoms with Crippen molar-refractivity contribution in [2.75, 3.05) is 0 Å². The second-order valence-electron chi connectivity index (χ2n) is 0.458. The fourth-order valence-corrected chi connectivity index (χ4v) is 0. The molecule has 0 spiro atoms. The Morgan fingerprint density at radius 2 is 2.25 bits per heavy atom. The number of hydrogen-bond acceptors (Lipinski definition) is 1. The van der Waals surface area contributed by atoms with Crippen molar-refractivity contribution in [3.8, 4) is 0 Å². The van der Waals surface area contributed by atoms with Gasteiger partial charge in [-0.2, -0.15) is 0 Å². The maximum absolute atomic E-state index is 7.58. The van der Waals surface area contributed by atoms with Gasteiger partial charge < -0.3 is 0 Å². The van der Waals surface area contributed by atoms with Crippen molar-refractivity contribution in [2.24, 2.45) is 3.86 Å². The molecule has 0 aliphatic heterocycles. The number of nitrogens with zero attached hydrogens (tertiary/aromatic N) is 2. The molecule has 0 bridgehead atoms. The van der Waals surface area contributed by atoms with Gasteiger partial charge in [-0.15, -0.1) is 0 Å². The molecule has 0 aromatic rings. The molecule has 0 saturated carbocycles. The van der Waals surface area contributed by atoms with Gasteiger partial charge in [-0.25, -0.2) is 0 Å². The molecule has 0 aromatic carbocycles.